The van der Waals surface area contributed by atoms with Crippen LogP contribution in [0.25, 0.3) is 6.08 Å². The normalized spacial score (nSPS) is 13.8. The second-order valence-corrected chi connectivity index (χ2v) is 9.35. The van der Waals surface area contributed by atoms with E-state index in [4.69, 9.17) is 21.1 Å². The first-order valence-electron chi connectivity index (χ1n) is 12.2. The van der Waals surface area contributed by atoms with Gasteiger partial charge in [-0.05, 0) is 72.5 Å². The molecule has 0 bridgehead atoms. The van der Waals surface area contributed by atoms with Crippen LogP contribution in [0.4, 0.5) is 10.5 Å². The molecule has 2 N–H and O–H groups in total. The Morgan fingerprint density at radius 3 is 2.59 bits per heavy atom. The van der Waals surface area contributed by atoms with Gasteiger partial charge in [-0.3, -0.25) is 9.59 Å². The van der Waals surface area contributed by atoms with Crippen molar-refractivity contribution in [1.29, 1.82) is 0 Å². The van der Waals surface area contributed by atoms with Crippen LogP contribution in [-0.2, 0) is 22.6 Å². The lowest BCUT2D eigenvalue weighted by molar-refractivity contribution is -0.127. The minimum Gasteiger partial charge on any atom is -0.493 e. The summed E-state index contributed by atoms with van der Waals surface area (Å²) in [5.41, 5.74) is 3.94. The summed E-state index contributed by atoms with van der Waals surface area (Å²) in [5, 5.41) is 5.90. The number of aryl methyl sites for hydroxylation is 1. The molecule has 0 radical (unpaired) electrons. The molecule has 0 spiro atoms. The minimum absolute atomic E-state index is 0.0461. The summed E-state index contributed by atoms with van der Waals surface area (Å²) in [5.74, 6) is -0.0822. The number of methoxy groups -OCH3 is 1. The number of urea groups is 1. The van der Waals surface area contributed by atoms with Gasteiger partial charge in [0.05, 0.1) is 7.11 Å². The molecular weight excluding hydrogens is 518 g/mol. The van der Waals surface area contributed by atoms with E-state index in [-0.39, 0.29) is 5.70 Å². The average molecular weight is 546 g/mol. The van der Waals surface area contributed by atoms with Crippen molar-refractivity contribution in [3.05, 3.63) is 106 Å². The largest absolute Gasteiger partial charge is 0.493 e. The topological polar surface area (TPSA) is 97.0 Å². The van der Waals surface area contributed by atoms with Gasteiger partial charge in [-0.15, -0.1) is 6.58 Å². The molecule has 3 aromatic rings. The van der Waals surface area contributed by atoms with Crippen LogP contribution in [0.5, 0.6) is 11.5 Å². The number of allylic oxidation sites excluding steroid dienone is 1. The van der Waals surface area contributed by atoms with Crippen LogP contribution in [-0.4, -0.2) is 36.4 Å². The van der Waals surface area contributed by atoms with Crippen LogP contribution >= 0.6 is 11.6 Å². The molecule has 8 nitrogen and oxygen atoms in total. The van der Waals surface area contributed by atoms with Gasteiger partial charge in [-0.25, -0.2) is 9.69 Å². The fourth-order valence-electron chi connectivity index (χ4n) is 4.07. The summed E-state index contributed by atoms with van der Waals surface area (Å²) < 4.78 is 11.7. The molecule has 0 saturated carbocycles. The molecule has 3 aromatic carbocycles. The zero-order chi connectivity index (χ0) is 27.9. The van der Waals surface area contributed by atoms with Crippen LogP contribution in [0.15, 0.2) is 79.0 Å². The highest BCUT2D eigenvalue weighted by atomic mass is 35.5. The Kier molecular flexibility index (Phi) is 8.68. The van der Waals surface area contributed by atoms with E-state index in [1.54, 1.807) is 36.4 Å². The standard InChI is InChI=1S/C30H28ClN3O5/c1-4-6-22-14-21(16-26(38-3)28(22)39-18-20-9-11-23(31)12-10-20)15-25-29(36)34(30(37)33-25)17-27(35)32-24-8-5-7-19(2)13-24/h4-5,7-16H,1,6,17-18H2,2-3H3,(H,32,35)(H,33,37)/b25-15+. The number of imide groups is 1. The van der Waals surface area contributed by atoms with Gasteiger partial charge in [0.15, 0.2) is 11.5 Å². The smallest absolute Gasteiger partial charge is 0.329 e. The quantitative estimate of drug-likeness (QED) is 0.199. The molecule has 0 atom stereocenters. The summed E-state index contributed by atoms with van der Waals surface area (Å²) in [6.07, 6.45) is 3.75. The third-order valence-corrected chi connectivity index (χ3v) is 6.16. The van der Waals surface area contributed by atoms with Crippen LogP contribution in [0.3, 0.4) is 0 Å². The second kappa shape index (κ2) is 12.3. The Balaban J connectivity index is 1.52. The predicted octanol–water partition coefficient (Wildman–Crippen LogP) is 5.50. The highest BCUT2D eigenvalue weighted by molar-refractivity contribution is 6.30. The number of nitrogens with one attached hydrogen (secondary N) is 2. The molecule has 0 unspecified atom stereocenters. The van der Waals surface area contributed by atoms with E-state index in [9.17, 15) is 14.4 Å². The SMILES string of the molecule is C=CCc1cc(/C=C2/NC(=O)N(CC(=O)Nc3cccc(C)c3)C2=O)cc(OC)c1OCc1ccc(Cl)cc1. The molecule has 0 aromatic heterocycles. The van der Waals surface area contributed by atoms with Crippen LogP contribution < -0.4 is 20.1 Å². The number of hydrogen-bond donors (Lipinski definition) is 2. The zero-order valence-electron chi connectivity index (χ0n) is 21.6. The Morgan fingerprint density at radius 1 is 1.13 bits per heavy atom. The van der Waals surface area contributed by atoms with Crippen molar-refractivity contribution >= 4 is 41.2 Å². The average Bonchev–Trinajstić information content (AvgIpc) is 3.16. The van der Waals surface area contributed by atoms with Crippen LogP contribution in [0.2, 0.25) is 5.02 Å². The highest BCUT2D eigenvalue weighted by Crippen LogP contribution is 2.35. The lowest BCUT2D eigenvalue weighted by Crippen LogP contribution is -2.38. The maximum atomic E-state index is 13.0. The molecule has 1 aliphatic rings. The van der Waals surface area contributed by atoms with Gasteiger partial charge < -0.3 is 20.1 Å². The maximum absolute atomic E-state index is 13.0. The predicted molar refractivity (Wildman–Crippen MR) is 151 cm³/mol. The summed E-state index contributed by atoms with van der Waals surface area (Å²) >= 11 is 5.97. The first-order valence-corrected chi connectivity index (χ1v) is 12.5. The van der Waals surface area contributed by atoms with Crippen LogP contribution in [0, 0.1) is 6.92 Å². The number of anilines is 1. The Morgan fingerprint density at radius 2 is 1.90 bits per heavy atom. The number of amides is 4. The maximum Gasteiger partial charge on any atom is 0.329 e. The van der Waals surface area contributed by atoms with Crippen molar-refractivity contribution in [1.82, 2.24) is 10.2 Å². The van der Waals surface area contributed by atoms with Crippen molar-refractivity contribution in [3.63, 3.8) is 0 Å². The molecule has 0 aliphatic carbocycles. The van der Waals surface area contributed by atoms with Gasteiger partial charge in [0.25, 0.3) is 5.91 Å². The first-order chi connectivity index (χ1) is 18.8. The molecule has 1 aliphatic heterocycles. The molecule has 9 heteroatoms. The van der Waals surface area contributed by atoms with Gasteiger partial charge in [-0.1, -0.05) is 41.9 Å². The molecular formula is C30H28ClN3O5. The van der Waals surface area contributed by atoms with Gasteiger partial charge in [0.2, 0.25) is 5.91 Å². The fraction of sp³-hybridized carbons (Fsp3) is 0.167. The van der Waals surface area contributed by atoms with E-state index in [1.807, 2.05) is 37.3 Å². The lowest BCUT2D eigenvalue weighted by Gasteiger charge is -2.16. The second-order valence-electron chi connectivity index (χ2n) is 8.92. The number of benzene rings is 3. The number of rotatable bonds is 10. The van der Waals surface area contributed by atoms with E-state index in [0.29, 0.717) is 40.8 Å². The summed E-state index contributed by atoms with van der Waals surface area (Å²) in [6.45, 7) is 5.61. The van der Waals surface area contributed by atoms with E-state index in [1.165, 1.54) is 13.2 Å². The van der Waals surface area contributed by atoms with Gasteiger partial charge in [0, 0.05) is 16.3 Å². The Labute approximate surface area is 231 Å². The van der Waals surface area contributed by atoms with E-state index >= 15 is 0 Å². The monoisotopic (exact) mass is 545 g/mol. The lowest BCUT2D eigenvalue weighted by atomic mass is 10.0. The zero-order valence-corrected chi connectivity index (χ0v) is 22.4. The Hall–Kier alpha value is -4.56. The summed E-state index contributed by atoms with van der Waals surface area (Å²) in [7, 11) is 1.52. The number of carbonyl (C=O) groups excluding carboxylic acids is 3. The molecule has 4 rings (SSSR count). The van der Waals surface area contributed by atoms with Crippen molar-refractivity contribution in [2.24, 2.45) is 0 Å². The van der Waals surface area contributed by atoms with E-state index in [0.717, 1.165) is 21.6 Å². The van der Waals surface area contributed by atoms with E-state index < -0.39 is 24.4 Å². The molecule has 1 heterocycles. The highest BCUT2D eigenvalue weighted by Gasteiger charge is 2.35. The van der Waals surface area contributed by atoms with Crippen molar-refractivity contribution in [2.75, 3.05) is 19.0 Å². The molecule has 4 amide bonds. The number of hydrogen-bond acceptors (Lipinski definition) is 5. The molecule has 39 heavy (non-hydrogen) atoms. The van der Waals surface area contributed by atoms with Gasteiger partial charge in [0.1, 0.15) is 18.8 Å². The van der Waals surface area contributed by atoms with Crippen molar-refractivity contribution in [2.45, 2.75) is 20.0 Å². The van der Waals surface area contributed by atoms with Crippen molar-refractivity contribution in [3.8, 4) is 11.5 Å². The summed E-state index contributed by atoms with van der Waals surface area (Å²) in [6, 6.07) is 17.5. The van der Waals surface area contributed by atoms with Crippen molar-refractivity contribution < 1.29 is 23.9 Å². The minimum atomic E-state index is -0.674. The third-order valence-electron chi connectivity index (χ3n) is 5.91. The number of nitrogens with zero attached hydrogens (tertiary/aromatic N) is 1. The number of carbonyl (C=O) groups is 3. The molecule has 1 saturated heterocycles. The number of halogens is 1. The van der Waals surface area contributed by atoms with Crippen LogP contribution in [0.1, 0.15) is 22.3 Å². The van der Waals surface area contributed by atoms with Gasteiger partial charge in [-0.2, -0.15) is 0 Å². The van der Waals surface area contributed by atoms with E-state index in [2.05, 4.69) is 17.2 Å². The fourth-order valence-corrected chi connectivity index (χ4v) is 4.20. The summed E-state index contributed by atoms with van der Waals surface area (Å²) in [4.78, 5) is 38.9. The van der Waals surface area contributed by atoms with Gasteiger partial charge >= 0.3 is 6.03 Å². The Bertz CT molecular complexity index is 1450. The third kappa shape index (κ3) is 6.86. The number of ether oxygens (including phenoxy) is 2. The molecule has 1 fully saturated rings. The first kappa shape index (κ1) is 27.5. The molecule has 200 valence electrons.